The highest BCUT2D eigenvalue weighted by Crippen LogP contribution is 2.23. The van der Waals surface area contributed by atoms with E-state index in [1.54, 1.807) is 30.6 Å². The first-order chi connectivity index (χ1) is 9.22. The van der Waals surface area contributed by atoms with Crippen LogP contribution in [0, 0.1) is 5.82 Å². The van der Waals surface area contributed by atoms with Crippen LogP contribution in [0.1, 0.15) is 15.6 Å². The summed E-state index contributed by atoms with van der Waals surface area (Å²) in [7, 11) is 1.64. The summed E-state index contributed by atoms with van der Waals surface area (Å²) in [5, 5.41) is 0.862. The molecule has 0 aliphatic rings. The van der Waals surface area contributed by atoms with Gasteiger partial charge in [0, 0.05) is 17.7 Å². The summed E-state index contributed by atoms with van der Waals surface area (Å²) in [5.41, 5.74) is 0.903. The standard InChI is InChI=1S/C13H14FNO2S2/c1-16-6-11-12(8-18)19-13(15-11)7-17-10-4-2-9(14)3-5-10/h2-5,18H,6-8H2,1H3. The van der Waals surface area contributed by atoms with Crippen LogP contribution in [0.25, 0.3) is 0 Å². The monoisotopic (exact) mass is 299 g/mol. The van der Waals surface area contributed by atoms with Crippen molar-refractivity contribution < 1.29 is 13.9 Å². The van der Waals surface area contributed by atoms with Crippen molar-refractivity contribution in [3.05, 3.63) is 45.7 Å². The maximum absolute atomic E-state index is 12.7. The van der Waals surface area contributed by atoms with Gasteiger partial charge in [-0.15, -0.1) is 11.3 Å². The van der Waals surface area contributed by atoms with E-state index in [1.807, 2.05) is 0 Å². The number of nitrogens with zero attached hydrogens (tertiary/aromatic N) is 1. The molecule has 0 atom stereocenters. The normalized spacial score (nSPS) is 10.7. The van der Waals surface area contributed by atoms with Crippen LogP contribution in [-0.4, -0.2) is 12.1 Å². The van der Waals surface area contributed by atoms with Gasteiger partial charge in [-0.3, -0.25) is 0 Å². The lowest BCUT2D eigenvalue weighted by Gasteiger charge is -2.03. The summed E-state index contributed by atoms with van der Waals surface area (Å²) in [6.45, 7) is 0.837. The van der Waals surface area contributed by atoms with Crippen molar-refractivity contribution in [2.24, 2.45) is 0 Å². The van der Waals surface area contributed by atoms with Gasteiger partial charge in [0.15, 0.2) is 0 Å². The zero-order valence-corrected chi connectivity index (χ0v) is 12.1. The van der Waals surface area contributed by atoms with Crippen LogP contribution in [0.2, 0.25) is 0 Å². The molecule has 0 amide bonds. The maximum Gasteiger partial charge on any atom is 0.140 e. The molecule has 2 aromatic rings. The number of aromatic nitrogens is 1. The Morgan fingerprint density at radius 3 is 2.63 bits per heavy atom. The first-order valence-corrected chi connectivity index (χ1v) is 7.13. The van der Waals surface area contributed by atoms with Gasteiger partial charge in [0.2, 0.25) is 0 Å². The van der Waals surface area contributed by atoms with E-state index < -0.39 is 0 Å². The van der Waals surface area contributed by atoms with Crippen molar-refractivity contribution in [2.75, 3.05) is 7.11 Å². The first-order valence-electron chi connectivity index (χ1n) is 5.68. The molecule has 6 heteroatoms. The molecule has 0 unspecified atom stereocenters. The zero-order valence-electron chi connectivity index (χ0n) is 10.4. The van der Waals surface area contributed by atoms with Gasteiger partial charge in [-0.1, -0.05) is 0 Å². The smallest absolute Gasteiger partial charge is 0.140 e. The average Bonchev–Trinajstić information content (AvgIpc) is 2.81. The van der Waals surface area contributed by atoms with Gasteiger partial charge in [0.25, 0.3) is 0 Å². The molecule has 0 saturated carbocycles. The Kier molecular flexibility index (Phi) is 5.18. The van der Waals surface area contributed by atoms with Gasteiger partial charge in [0.1, 0.15) is 23.2 Å². The van der Waals surface area contributed by atoms with Gasteiger partial charge in [-0.2, -0.15) is 12.6 Å². The molecule has 0 fully saturated rings. The molecule has 1 aromatic carbocycles. The van der Waals surface area contributed by atoms with E-state index in [4.69, 9.17) is 9.47 Å². The molecule has 0 saturated heterocycles. The molecule has 0 aliphatic carbocycles. The second-order valence-corrected chi connectivity index (χ2v) is 5.30. The molecule has 3 nitrogen and oxygen atoms in total. The Bertz CT molecular complexity index is 528. The molecular formula is C13H14FNO2S2. The van der Waals surface area contributed by atoms with Crippen molar-refractivity contribution in [3.8, 4) is 5.75 Å². The molecule has 1 heterocycles. The van der Waals surface area contributed by atoms with Crippen molar-refractivity contribution in [1.82, 2.24) is 4.98 Å². The van der Waals surface area contributed by atoms with Crippen molar-refractivity contribution >= 4 is 24.0 Å². The molecule has 0 N–H and O–H groups in total. The van der Waals surface area contributed by atoms with E-state index in [2.05, 4.69) is 17.6 Å². The summed E-state index contributed by atoms with van der Waals surface area (Å²) in [6.07, 6.45) is 0. The van der Waals surface area contributed by atoms with Crippen molar-refractivity contribution in [1.29, 1.82) is 0 Å². The predicted molar refractivity (Wildman–Crippen MR) is 76.2 cm³/mol. The number of halogens is 1. The lowest BCUT2D eigenvalue weighted by molar-refractivity contribution is 0.181. The number of methoxy groups -OCH3 is 1. The molecule has 19 heavy (non-hydrogen) atoms. The van der Waals surface area contributed by atoms with Crippen LogP contribution in [0.4, 0.5) is 4.39 Å². The summed E-state index contributed by atoms with van der Waals surface area (Å²) in [5.74, 6) is 0.978. The van der Waals surface area contributed by atoms with Crippen LogP contribution >= 0.6 is 24.0 Å². The van der Waals surface area contributed by atoms with E-state index in [0.717, 1.165) is 15.6 Å². The van der Waals surface area contributed by atoms with Gasteiger partial charge < -0.3 is 9.47 Å². The second-order valence-electron chi connectivity index (χ2n) is 3.81. The minimum absolute atomic E-state index is 0.277. The zero-order chi connectivity index (χ0) is 13.7. The fraction of sp³-hybridized carbons (Fsp3) is 0.308. The quantitative estimate of drug-likeness (QED) is 0.829. The lowest BCUT2D eigenvalue weighted by Crippen LogP contribution is -1.96. The van der Waals surface area contributed by atoms with Crippen molar-refractivity contribution in [3.63, 3.8) is 0 Å². The van der Waals surface area contributed by atoms with E-state index in [-0.39, 0.29) is 5.82 Å². The number of thiazole rings is 1. The number of rotatable bonds is 6. The van der Waals surface area contributed by atoms with Crippen molar-refractivity contribution in [2.45, 2.75) is 19.0 Å². The van der Waals surface area contributed by atoms with Gasteiger partial charge >= 0.3 is 0 Å². The summed E-state index contributed by atoms with van der Waals surface area (Å²) < 4.78 is 23.4. The van der Waals surface area contributed by atoms with E-state index in [9.17, 15) is 4.39 Å². The number of thiol groups is 1. The Hall–Kier alpha value is -1.11. The van der Waals surface area contributed by atoms with E-state index in [1.165, 1.54) is 12.1 Å². The summed E-state index contributed by atoms with van der Waals surface area (Å²) >= 11 is 5.82. The van der Waals surface area contributed by atoms with Gasteiger partial charge in [-0.25, -0.2) is 9.37 Å². The molecule has 0 aliphatic heterocycles. The third-order valence-corrected chi connectivity index (χ3v) is 4.02. The fourth-order valence-electron chi connectivity index (χ4n) is 1.55. The Morgan fingerprint density at radius 1 is 1.26 bits per heavy atom. The maximum atomic E-state index is 12.7. The van der Waals surface area contributed by atoms with Gasteiger partial charge in [-0.05, 0) is 24.3 Å². The molecule has 102 valence electrons. The highest BCUT2D eigenvalue weighted by Gasteiger charge is 2.10. The number of ether oxygens (including phenoxy) is 2. The third-order valence-electron chi connectivity index (χ3n) is 2.42. The SMILES string of the molecule is COCc1nc(COc2ccc(F)cc2)sc1CS. The molecule has 0 spiro atoms. The average molecular weight is 299 g/mol. The molecule has 2 rings (SSSR count). The lowest BCUT2D eigenvalue weighted by atomic mass is 10.3. The first kappa shape index (κ1) is 14.3. The highest BCUT2D eigenvalue weighted by atomic mass is 32.1. The summed E-state index contributed by atoms with van der Waals surface area (Å²) in [6, 6.07) is 5.93. The second kappa shape index (κ2) is 6.88. The van der Waals surface area contributed by atoms with Crippen LogP contribution in [0.5, 0.6) is 5.75 Å². The minimum Gasteiger partial charge on any atom is -0.486 e. The number of benzene rings is 1. The van der Waals surface area contributed by atoms with E-state index in [0.29, 0.717) is 24.7 Å². The Labute approximate surface area is 120 Å². The summed E-state index contributed by atoms with van der Waals surface area (Å²) in [4.78, 5) is 5.53. The Morgan fingerprint density at radius 2 is 2.00 bits per heavy atom. The molecule has 1 aromatic heterocycles. The van der Waals surface area contributed by atoms with E-state index >= 15 is 0 Å². The Balaban J connectivity index is 2.01. The molecule has 0 bridgehead atoms. The predicted octanol–water partition coefficient (Wildman–Crippen LogP) is 3.44. The fourth-order valence-corrected chi connectivity index (χ4v) is 2.77. The van der Waals surface area contributed by atoms with Crippen LogP contribution in [-0.2, 0) is 23.7 Å². The molecule has 0 radical (unpaired) electrons. The number of hydrogen-bond acceptors (Lipinski definition) is 5. The number of hydrogen-bond donors (Lipinski definition) is 1. The van der Waals surface area contributed by atoms with Crippen LogP contribution < -0.4 is 4.74 Å². The molecular weight excluding hydrogens is 285 g/mol. The highest BCUT2D eigenvalue weighted by molar-refractivity contribution is 7.79. The largest absolute Gasteiger partial charge is 0.486 e. The van der Waals surface area contributed by atoms with Crippen LogP contribution in [0.15, 0.2) is 24.3 Å². The van der Waals surface area contributed by atoms with Gasteiger partial charge in [0.05, 0.1) is 12.3 Å². The minimum atomic E-state index is -0.277. The third kappa shape index (κ3) is 3.92. The topological polar surface area (TPSA) is 31.4 Å². The van der Waals surface area contributed by atoms with Crippen LogP contribution in [0.3, 0.4) is 0 Å².